The van der Waals surface area contributed by atoms with Gasteiger partial charge in [-0.15, -0.1) is 0 Å². The maximum atomic E-state index is 11.8. The first kappa shape index (κ1) is 14.4. The lowest BCUT2D eigenvalue weighted by Crippen LogP contribution is -2.09. The molecule has 1 amide bonds. The van der Waals surface area contributed by atoms with E-state index in [-0.39, 0.29) is 11.4 Å². The molecule has 0 aliphatic carbocycles. The number of carbonyl (C=O) groups excluding carboxylic acids is 1. The maximum absolute atomic E-state index is 11.8. The normalized spacial score (nSPS) is 10.8. The first-order valence-corrected chi connectivity index (χ1v) is 6.06. The van der Waals surface area contributed by atoms with Gasteiger partial charge in [0.25, 0.3) is 0 Å². The third kappa shape index (κ3) is 3.72. The molecule has 0 saturated heterocycles. The molecule has 0 radical (unpaired) electrons. The topological polar surface area (TPSA) is 103 Å². The second-order valence-electron chi connectivity index (χ2n) is 4.33. The lowest BCUT2D eigenvalue weighted by molar-refractivity contribution is -0.390. The van der Waals surface area contributed by atoms with Gasteiger partial charge >= 0.3 is 5.82 Å². The van der Waals surface area contributed by atoms with Crippen LogP contribution in [0.5, 0.6) is 0 Å². The van der Waals surface area contributed by atoms with Crippen molar-refractivity contribution in [1.29, 1.82) is 0 Å². The van der Waals surface area contributed by atoms with Crippen molar-refractivity contribution in [2.75, 3.05) is 5.32 Å². The van der Waals surface area contributed by atoms with E-state index in [0.29, 0.717) is 5.82 Å². The average Bonchev–Trinajstić information content (AvgIpc) is 2.78. The third-order valence-electron chi connectivity index (χ3n) is 2.56. The molecular weight excluding hydrogens is 274 g/mol. The number of hydrogen-bond acceptors (Lipinski definition) is 5. The quantitative estimate of drug-likeness (QED) is 0.523. The summed E-state index contributed by atoms with van der Waals surface area (Å²) in [5.74, 6) is -0.299. The fraction of sp³-hybridized carbons (Fsp3) is 0.154. The summed E-state index contributed by atoms with van der Waals surface area (Å²) in [6.45, 7) is 1.81. The molecule has 2 aromatic rings. The highest BCUT2D eigenvalue weighted by atomic mass is 16.6. The summed E-state index contributed by atoms with van der Waals surface area (Å²) in [5, 5.41) is 17.1. The van der Waals surface area contributed by atoms with Gasteiger partial charge < -0.3 is 15.4 Å². The Labute approximate surface area is 120 Å². The first-order chi connectivity index (χ1) is 9.95. The van der Waals surface area contributed by atoms with E-state index in [2.05, 4.69) is 15.4 Å². The van der Waals surface area contributed by atoms with Gasteiger partial charge in [0.15, 0.2) is 0 Å². The molecule has 8 heteroatoms. The minimum atomic E-state index is -0.598. The molecule has 1 N–H and O–H groups in total. The van der Waals surface area contributed by atoms with Gasteiger partial charge in [-0.25, -0.2) is 4.98 Å². The Morgan fingerprint density at radius 2 is 2.24 bits per heavy atom. The van der Waals surface area contributed by atoms with Crippen LogP contribution in [-0.2, 0) is 11.8 Å². The second-order valence-corrected chi connectivity index (χ2v) is 4.33. The number of pyridine rings is 1. The van der Waals surface area contributed by atoms with Gasteiger partial charge in [-0.05, 0) is 30.1 Å². The third-order valence-corrected chi connectivity index (χ3v) is 2.56. The van der Waals surface area contributed by atoms with E-state index in [4.69, 9.17) is 0 Å². The monoisotopic (exact) mass is 287 g/mol. The van der Waals surface area contributed by atoms with Crippen LogP contribution in [0.4, 0.5) is 11.6 Å². The Bertz CT molecular complexity index is 720. The number of rotatable bonds is 4. The zero-order valence-electron chi connectivity index (χ0n) is 11.5. The minimum Gasteiger partial charge on any atom is -0.358 e. The van der Waals surface area contributed by atoms with Crippen LogP contribution in [0.25, 0.3) is 6.08 Å². The Balaban J connectivity index is 2.11. The van der Waals surface area contributed by atoms with E-state index in [0.717, 1.165) is 5.69 Å². The van der Waals surface area contributed by atoms with Crippen LogP contribution < -0.4 is 5.32 Å². The number of anilines is 1. The molecule has 0 saturated carbocycles. The van der Waals surface area contributed by atoms with Crippen molar-refractivity contribution in [2.24, 2.45) is 7.05 Å². The van der Waals surface area contributed by atoms with E-state index in [9.17, 15) is 14.9 Å². The maximum Gasteiger partial charge on any atom is 0.397 e. The highest BCUT2D eigenvalue weighted by Crippen LogP contribution is 2.16. The number of aromatic nitrogens is 3. The molecule has 0 fully saturated rings. The van der Waals surface area contributed by atoms with E-state index < -0.39 is 10.8 Å². The van der Waals surface area contributed by atoms with E-state index in [1.54, 1.807) is 19.2 Å². The highest BCUT2D eigenvalue weighted by molar-refractivity contribution is 6.01. The summed E-state index contributed by atoms with van der Waals surface area (Å²) in [5.41, 5.74) is 1.04. The molecule has 8 nitrogen and oxygen atoms in total. The molecule has 0 spiro atoms. The van der Waals surface area contributed by atoms with Crippen LogP contribution in [0, 0.1) is 17.0 Å². The molecule has 0 bridgehead atoms. The number of hydrogen-bond donors (Lipinski definition) is 1. The lowest BCUT2D eigenvalue weighted by atomic mass is 10.3. The highest BCUT2D eigenvalue weighted by Gasteiger charge is 2.17. The van der Waals surface area contributed by atoms with Crippen LogP contribution in [0.3, 0.4) is 0 Å². The summed E-state index contributed by atoms with van der Waals surface area (Å²) in [4.78, 5) is 26.1. The summed E-state index contributed by atoms with van der Waals surface area (Å²) < 4.78 is 1.32. The van der Waals surface area contributed by atoms with Crippen LogP contribution in [0.2, 0.25) is 0 Å². The SMILES string of the molecule is Cc1cccc(NC(=O)/C=C/c2cn(C)nc2[N+](=O)[O-])n1. The number of aryl methyl sites for hydroxylation is 2. The fourth-order valence-electron chi connectivity index (χ4n) is 1.70. The van der Waals surface area contributed by atoms with Gasteiger partial charge in [0, 0.05) is 11.8 Å². The molecule has 0 aliphatic heterocycles. The van der Waals surface area contributed by atoms with Gasteiger partial charge in [0.2, 0.25) is 5.91 Å². The molecule has 0 unspecified atom stereocenters. The standard InChI is InChI=1S/C13H13N5O3/c1-9-4-3-5-11(14-9)15-12(19)7-6-10-8-17(2)16-13(10)18(20)21/h3-8H,1-2H3,(H,14,15,19)/b7-6+. The molecule has 2 rings (SSSR count). The van der Waals surface area contributed by atoms with Crippen molar-refractivity contribution in [3.63, 3.8) is 0 Å². The molecule has 2 aromatic heterocycles. The first-order valence-electron chi connectivity index (χ1n) is 6.06. The average molecular weight is 287 g/mol. The van der Waals surface area contributed by atoms with Gasteiger partial charge in [0.1, 0.15) is 5.82 Å². The molecule has 0 aliphatic rings. The molecule has 0 atom stereocenters. The van der Waals surface area contributed by atoms with Crippen molar-refractivity contribution < 1.29 is 9.72 Å². The molecule has 2 heterocycles. The number of carbonyl (C=O) groups is 1. The number of amides is 1. The fourth-order valence-corrected chi connectivity index (χ4v) is 1.70. The number of nitro groups is 1. The molecule has 108 valence electrons. The number of nitrogens with zero attached hydrogens (tertiary/aromatic N) is 4. The lowest BCUT2D eigenvalue weighted by Gasteiger charge is -2.01. The summed E-state index contributed by atoms with van der Waals surface area (Å²) in [6, 6.07) is 5.24. The van der Waals surface area contributed by atoms with Gasteiger partial charge in [-0.1, -0.05) is 6.07 Å². The second kappa shape index (κ2) is 5.95. The van der Waals surface area contributed by atoms with Gasteiger partial charge in [-0.3, -0.25) is 4.79 Å². The Morgan fingerprint density at radius 3 is 2.90 bits per heavy atom. The zero-order valence-corrected chi connectivity index (χ0v) is 11.5. The van der Waals surface area contributed by atoms with Crippen LogP contribution in [0.1, 0.15) is 11.3 Å². The zero-order chi connectivity index (χ0) is 15.4. The van der Waals surface area contributed by atoms with Crippen molar-refractivity contribution in [1.82, 2.24) is 14.8 Å². The van der Waals surface area contributed by atoms with Crippen LogP contribution >= 0.6 is 0 Å². The van der Waals surface area contributed by atoms with Gasteiger partial charge in [-0.2, -0.15) is 4.68 Å². The largest absolute Gasteiger partial charge is 0.397 e. The minimum absolute atomic E-state index is 0.259. The van der Waals surface area contributed by atoms with Crippen molar-refractivity contribution in [3.05, 3.63) is 51.8 Å². The van der Waals surface area contributed by atoms with E-state index in [1.165, 1.54) is 23.0 Å². The smallest absolute Gasteiger partial charge is 0.358 e. The molecule has 21 heavy (non-hydrogen) atoms. The summed E-state index contributed by atoms with van der Waals surface area (Å²) >= 11 is 0. The van der Waals surface area contributed by atoms with Crippen molar-refractivity contribution in [3.8, 4) is 0 Å². The van der Waals surface area contributed by atoms with Gasteiger partial charge in [0.05, 0.1) is 23.9 Å². The van der Waals surface area contributed by atoms with Crippen molar-refractivity contribution >= 4 is 23.6 Å². The molecule has 0 aromatic carbocycles. The Hall–Kier alpha value is -3.03. The summed E-state index contributed by atoms with van der Waals surface area (Å²) in [7, 11) is 1.57. The Morgan fingerprint density at radius 1 is 1.48 bits per heavy atom. The number of nitrogens with one attached hydrogen (secondary N) is 1. The van der Waals surface area contributed by atoms with Crippen molar-refractivity contribution in [2.45, 2.75) is 6.92 Å². The van der Waals surface area contributed by atoms with Crippen LogP contribution in [0.15, 0.2) is 30.5 Å². The Kier molecular flexibility index (Phi) is 4.07. The van der Waals surface area contributed by atoms with E-state index >= 15 is 0 Å². The molecular formula is C13H13N5O3. The predicted octanol–water partition coefficient (Wildman–Crippen LogP) is 1.68. The predicted molar refractivity (Wildman–Crippen MR) is 76.5 cm³/mol. The van der Waals surface area contributed by atoms with Crippen LogP contribution in [-0.4, -0.2) is 25.6 Å². The summed E-state index contributed by atoms with van der Waals surface area (Å²) in [6.07, 6.45) is 4.01. The van der Waals surface area contributed by atoms with E-state index in [1.807, 2.05) is 13.0 Å².